The fourth-order valence-corrected chi connectivity index (χ4v) is 2.22. The molecule has 5 nitrogen and oxygen atoms in total. The molecule has 1 N–H and O–H groups in total. The number of para-hydroxylation sites is 1. The van der Waals surface area contributed by atoms with Crippen LogP contribution in [0.5, 0.6) is 5.75 Å². The van der Waals surface area contributed by atoms with Gasteiger partial charge in [-0.25, -0.2) is 4.79 Å². The van der Waals surface area contributed by atoms with Gasteiger partial charge in [-0.3, -0.25) is 4.79 Å². The van der Waals surface area contributed by atoms with E-state index in [-0.39, 0.29) is 0 Å². The number of hydrogen-bond acceptors (Lipinski definition) is 4. The first kappa shape index (κ1) is 21.0. The van der Waals surface area contributed by atoms with Crippen LogP contribution in [0.4, 0.5) is 18.9 Å². The van der Waals surface area contributed by atoms with Crippen molar-refractivity contribution in [3.05, 3.63) is 65.7 Å². The van der Waals surface area contributed by atoms with Gasteiger partial charge in [0.1, 0.15) is 5.75 Å². The molecule has 0 saturated carbocycles. The Morgan fingerprint density at radius 3 is 2.32 bits per heavy atom. The van der Waals surface area contributed by atoms with Crippen molar-refractivity contribution in [1.82, 2.24) is 0 Å². The van der Waals surface area contributed by atoms with Crippen LogP contribution in [0.15, 0.2) is 54.6 Å². The zero-order valence-corrected chi connectivity index (χ0v) is 15.1. The predicted octanol–water partition coefficient (Wildman–Crippen LogP) is 4.30. The van der Waals surface area contributed by atoms with Gasteiger partial charge in [0.25, 0.3) is 5.91 Å². The quantitative estimate of drug-likeness (QED) is 0.587. The summed E-state index contributed by atoms with van der Waals surface area (Å²) in [7, 11) is 1.53. The molecule has 0 bridgehead atoms. The molecule has 0 aliphatic heterocycles. The fraction of sp³-hybridized carbons (Fsp3) is 0.200. The highest BCUT2D eigenvalue weighted by atomic mass is 19.4. The molecule has 0 aliphatic rings. The van der Waals surface area contributed by atoms with E-state index in [1.54, 1.807) is 24.3 Å². The van der Waals surface area contributed by atoms with Gasteiger partial charge in [-0.1, -0.05) is 24.3 Å². The van der Waals surface area contributed by atoms with Gasteiger partial charge in [-0.2, -0.15) is 13.2 Å². The molecule has 1 atom stereocenters. The summed E-state index contributed by atoms with van der Waals surface area (Å²) >= 11 is 0. The fourth-order valence-electron chi connectivity index (χ4n) is 2.22. The summed E-state index contributed by atoms with van der Waals surface area (Å²) in [5.74, 6) is -1.02. The standard InChI is InChI=1S/C20H18F3NO4/c1-13(19(26)24-17-6-4-3-5-16(17)20(21,22)23)28-18(25)12-9-14-7-10-15(27-2)11-8-14/h3-13H,1-2H3,(H,24,26)/b12-9+. The van der Waals surface area contributed by atoms with E-state index in [2.05, 4.69) is 5.32 Å². The lowest BCUT2D eigenvalue weighted by Crippen LogP contribution is -2.30. The zero-order chi connectivity index (χ0) is 20.7. The molecule has 2 aromatic carbocycles. The van der Waals surface area contributed by atoms with Gasteiger partial charge >= 0.3 is 12.1 Å². The van der Waals surface area contributed by atoms with Crippen LogP contribution in [0.2, 0.25) is 0 Å². The zero-order valence-electron chi connectivity index (χ0n) is 15.1. The van der Waals surface area contributed by atoms with E-state index in [9.17, 15) is 22.8 Å². The maximum atomic E-state index is 13.0. The second-order valence-corrected chi connectivity index (χ2v) is 5.72. The highest BCUT2D eigenvalue weighted by Crippen LogP contribution is 2.34. The third kappa shape index (κ3) is 5.87. The van der Waals surface area contributed by atoms with Gasteiger partial charge < -0.3 is 14.8 Å². The summed E-state index contributed by atoms with van der Waals surface area (Å²) in [6, 6.07) is 11.4. The molecule has 148 valence electrons. The van der Waals surface area contributed by atoms with Crippen LogP contribution in [-0.2, 0) is 20.5 Å². The predicted molar refractivity (Wildman–Crippen MR) is 97.7 cm³/mol. The Morgan fingerprint density at radius 1 is 1.07 bits per heavy atom. The van der Waals surface area contributed by atoms with E-state index >= 15 is 0 Å². The van der Waals surface area contributed by atoms with E-state index in [1.807, 2.05) is 0 Å². The van der Waals surface area contributed by atoms with Crippen molar-refractivity contribution in [1.29, 1.82) is 0 Å². The average molecular weight is 393 g/mol. The monoisotopic (exact) mass is 393 g/mol. The number of nitrogens with one attached hydrogen (secondary N) is 1. The van der Waals surface area contributed by atoms with Crippen molar-refractivity contribution in [3.63, 3.8) is 0 Å². The number of ether oxygens (including phenoxy) is 2. The molecule has 1 amide bonds. The summed E-state index contributed by atoms with van der Waals surface area (Å²) in [5.41, 5.74) is -0.688. The lowest BCUT2D eigenvalue weighted by Gasteiger charge is -2.16. The molecule has 0 fully saturated rings. The first-order valence-corrected chi connectivity index (χ1v) is 8.20. The lowest BCUT2D eigenvalue weighted by molar-refractivity contribution is -0.148. The van der Waals surface area contributed by atoms with Crippen molar-refractivity contribution < 1.29 is 32.2 Å². The van der Waals surface area contributed by atoms with Crippen LogP contribution in [0, 0.1) is 0 Å². The second-order valence-electron chi connectivity index (χ2n) is 5.72. The molecule has 8 heteroatoms. The summed E-state index contributed by atoms with van der Waals surface area (Å²) in [4.78, 5) is 23.9. The van der Waals surface area contributed by atoms with Crippen LogP contribution in [0.25, 0.3) is 6.08 Å². The van der Waals surface area contributed by atoms with Crippen molar-refractivity contribution >= 4 is 23.6 Å². The molecule has 0 saturated heterocycles. The first-order valence-electron chi connectivity index (χ1n) is 8.20. The van der Waals surface area contributed by atoms with Crippen LogP contribution in [0.1, 0.15) is 18.1 Å². The molecular formula is C20H18F3NO4. The van der Waals surface area contributed by atoms with E-state index in [0.29, 0.717) is 11.3 Å². The van der Waals surface area contributed by atoms with Crippen LogP contribution in [0.3, 0.4) is 0 Å². The Balaban J connectivity index is 1.96. The SMILES string of the molecule is COc1ccc(/C=C/C(=O)OC(C)C(=O)Nc2ccccc2C(F)(F)F)cc1. The second kappa shape index (κ2) is 9.07. The highest BCUT2D eigenvalue weighted by molar-refractivity contribution is 5.97. The third-order valence-corrected chi connectivity index (χ3v) is 3.68. The topological polar surface area (TPSA) is 64.6 Å². The van der Waals surface area contributed by atoms with Crippen molar-refractivity contribution in [3.8, 4) is 5.75 Å². The minimum absolute atomic E-state index is 0.406. The molecule has 2 aromatic rings. The number of carbonyl (C=O) groups is 2. The number of halogens is 3. The summed E-state index contributed by atoms with van der Waals surface area (Å²) in [6.07, 6.45) is -3.31. The first-order chi connectivity index (χ1) is 13.2. The molecule has 0 radical (unpaired) electrons. The summed E-state index contributed by atoms with van der Waals surface area (Å²) in [5, 5.41) is 2.13. The molecule has 0 heterocycles. The number of alkyl halides is 3. The summed E-state index contributed by atoms with van der Waals surface area (Å²) in [6.45, 7) is 1.27. The normalized spacial score (nSPS) is 12.5. The molecule has 28 heavy (non-hydrogen) atoms. The Hall–Kier alpha value is -3.29. The number of methoxy groups -OCH3 is 1. The number of amides is 1. The van der Waals surface area contributed by atoms with Crippen molar-refractivity contribution in [2.45, 2.75) is 19.2 Å². The van der Waals surface area contributed by atoms with Gasteiger partial charge in [0, 0.05) is 6.08 Å². The average Bonchev–Trinajstić information content (AvgIpc) is 2.66. The van der Waals surface area contributed by atoms with Gasteiger partial charge in [0.2, 0.25) is 0 Å². The molecule has 1 unspecified atom stereocenters. The number of carbonyl (C=O) groups excluding carboxylic acids is 2. The Bertz CT molecular complexity index is 860. The van der Waals surface area contributed by atoms with Crippen molar-refractivity contribution in [2.24, 2.45) is 0 Å². The van der Waals surface area contributed by atoms with Crippen molar-refractivity contribution in [2.75, 3.05) is 12.4 Å². The molecule has 0 spiro atoms. The van der Waals surface area contributed by atoms with Gasteiger partial charge in [-0.15, -0.1) is 0 Å². The van der Waals surface area contributed by atoms with E-state index in [4.69, 9.17) is 9.47 Å². The number of benzene rings is 2. The Kier molecular flexibility index (Phi) is 6.81. The summed E-state index contributed by atoms with van der Waals surface area (Å²) < 4.78 is 48.9. The largest absolute Gasteiger partial charge is 0.497 e. The van der Waals surface area contributed by atoms with Gasteiger partial charge in [-0.05, 0) is 42.8 Å². The van der Waals surface area contributed by atoms with Crippen LogP contribution < -0.4 is 10.1 Å². The number of rotatable bonds is 6. The molecule has 2 rings (SSSR count). The lowest BCUT2D eigenvalue weighted by atomic mass is 10.1. The Morgan fingerprint density at radius 2 is 1.71 bits per heavy atom. The smallest absolute Gasteiger partial charge is 0.418 e. The van der Waals surface area contributed by atoms with Gasteiger partial charge in [0.05, 0.1) is 18.4 Å². The third-order valence-electron chi connectivity index (χ3n) is 3.68. The van der Waals surface area contributed by atoms with E-state index < -0.39 is 35.4 Å². The number of esters is 1. The van der Waals surface area contributed by atoms with Crippen LogP contribution in [-0.4, -0.2) is 25.1 Å². The van der Waals surface area contributed by atoms with E-state index in [1.165, 1.54) is 32.2 Å². The van der Waals surface area contributed by atoms with Crippen LogP contribution >= 0.6 is 0 Å². The highest BCUT2D eigenvalue weighted by Gasteiger charge is 2.34. The molecule has 0 aliphatic carbocycles. The van der Waals surface area contributed by atoms with Gasteiger partial charge in [0.15, 0.2) is 6.10 Å². The number of anilines is 1. The minimum atomic E-state index is -4.62. The maximum Gasteiger partial charge on any atom is 0.418 e. The molecular weight excluding hydrogens is 375 g/mol. The molecule has 0 aromatic heterocycles. The Labute approximate surface area is 159 Å². The maximum absolute atomic E-state index is 13.0. The minimum Gasteiger partial charge on any atom is -0.497 e. The number of hydrogen-bond donors (Lipinski definition) is 1. The van der Waals surface area contributed by atoms with E-state index in [0.717, 1.165) is 18.2 Å².